The summed E-state index contributed by atoms with van der Waals surface area (Å²) < 4.78 is 129. The molecular weight excluding hydrogens is 1410 g/mol. The van der Waals surface area contributed by atoms with E-state index < -0.39 is 159 Å². The highest BCUT2D eigenvalue weighted by molar-refractivity contribution is 5.91. The molecule has 4 aliphatic rings. The van der Waals surface area contributed by atoms with E-state index in [0.29, 0.717) is 78.0 Å². The maximum absolute atomic E-state index is 15.2. The highest BCUT2D eigenvalue weighted by Gasteiger charge is 2.61. The maximum Gasteiger partial charge on any atom is 0.338 e. The van der Waals surface area contributed by atoms with Crippen LogP contribution in [0.4, 0.5) is 0 Å². The molecule has 0 aliphatic carbocycles. The van der Waals surface area contributed by atoms with Crippen molar-refractivity contribution in [3.63, 3.8) is 0 Å². The molecule has 0 radical (unpaired) electrons. The fraction of sp³-hybridized carbons (Fsp3) is 0.651. The van der Waals surface area contributed by atoms with E-state index in [2.05, 4.69) is 20.8 Å². The van der Waals surface area contributed by atoms with Crippen molar-refractivity contribution >= 4 is 29.8 Å². The summed E-state index contributed by atoms with van der Waals surface area (Å²) in [4.78, 5) is 72.6. The van der Waals surface area contributed by atoms with Crippen LogP contribution in [0.25, 0.3) is 0 Å². The molecule has 4 aromatic carbocycles. The summed E-state index contributed by atoms with van der Waals surface area (Å²) in [6, 6.07) is 31.3. The van der Waals surface area contributed by atoms with E-state index in [4.69, 9.17) is 90.0 Å². The zero-order chi connectivity index (χ0) is 77.7. The van der Waals surface area contributed by atoms with Gasteiger partial charge in [0.1, 0.15) is 67.1 Å². The van der Waals surface area contributed by atoms with Gasteiger partial charge in [-0.15, -0.1) is 0 Å². The van der Waals surface area contributed by atoms with Crippen LogP contribution in [0, 0.1) is 0 Å². The number of benzene rings is 4. The standard InChI is InChI=1S/C83H118O26/c1-9-17-45-91-52-59-63(68(94-48-20-12-4)71(96-50-22-14-6)80(99-59)98-44-16-8)106-81-72(97-51-23-15-7)69(95-49-21-13-5)64(60(100-81)53-92-46-18-10-2)107-82-74(105-79(90)58-42-34-27-35-43-58)70(103-77(88)56-38-30-25-31-39-56)65(61(101-82)54-93-47-19-11-3)108-83-73(104-78(89)57-40-32-26-33-41-57)66(62(84)67(109-83)75(85)86)102-76(87)55-36-28-24-29-37-55/h24-43,59-74,80-84H,9-23,44-54H2,1-8H3,(H,85,86)/t59?,60?,61?,62-,63-,64+,65+,66?,67?,68-,69-,70?,71?,72?,73-,74-,80-,81+,82-,83+/m0/s1. The third-order valence-corrected chi connectivity index (χ3v) is 18.9. The van der Waals surface area contributed by atoms with Crippen molar-refractivity contribution in [1.82, 2.24) is 0 Å². The number of carboxylic acids is 1. The number of unbranched alkanes of at least 4 members (excludes halogenated alkanes) is 7. The van der Waals surface area contributed by atoms with Crippen molar-refractivity contribution in [3.8, 4) is 0 Å². The Kier molecular flexibility index (Phi) is 39.2. The Morgan fingerprint density at radius 2 is 0.587 bits per heavy atom. The van der Waals surface area contributed by atoms with Gasteiger partial charge < -0.3 is 100 Å². The van der Waals surface area contributed by atoms with E-state index in [1.807, 2.05) is 34.6 Å². The first-order chi connectivity index (χ1) is 53.2. The molecule has 26 heteroatoms. The number of hydrogen-bond acceptors (Lipinski definition) is 25. The van der Waals surface area contributed by atoms with Crippen LogP contribution in [-0.4, -0.2) is 236 Å². The van der Waals surface area contributed by atoms with Crippen LogP contribution >= 0.6 is 0 Å². The summed E-state index contributed by atoms with van der Waals surface area (Å²) in [6.45, 7) is 18.3. The van der Waals surface area contributed by atoms with Crippen LogP contribution < -0.4 is 0 Å². The molecule has 0 amide bonds. The third-order valence-electron chi connectivity index (χ3n) is 18.9. The zero-order valence-corrected chi connectivity index (χ0v) is 64.7. The van der Waals surface area contributed by atoms with Crippen molar-refractivity contribution in [1.29, 1.82) is 0 Å². The first-order valence-corrected chi connectivity index (χ1v) is 39.6. The van der Waals surface area contributed by atoms with E-state index in [9.17, 15) is 24.6 Å². The van der Waals surface area contributed by atoms with Crippen LogP contribution in [0.5, 0.6) is 0 Å². The zero-order valence-electron chi connectivity index (χ0n) is 64.7. The fourth-order valence-electron chi connectivity index (χ4n) is 12.8. The molecule has 26 nitrogen and oxygen atoms in total. The molecule has 109 heavy (non-hydrogen) atoms. The van der Waals surface area contributed by atoms with Crippen LogP contribution in [0.1, 0.15) is 193 Å². The molecule has 20 atom stereocenters. The molecular formula is C83H118O26. The Bertz CT molecular complexity index is 3190. The van der Waals surface area contributed by atoms with Gasteiger partial charge in [-0.1, -0.05) is 173 Å². The molecule has 8 unspecified atom stereocenters. The quantitative estimate of drug-likeness (QED) is 0.0236. The number of ether oxygens (including phenoxy) is 19. The van der Waals surface area contributed by atoms with E-state index in [1.54, 1.807) is 72.8 Å². The van der Waals surface area contributed by atoms with E-state index in [-0.39, 0.29) is 55.3 Å². The average Bonchev–Trinajstić information content (AvgIpc) is 0.757. The summed E-state index contributed by atoms with van der Waals surface area (Å²) in [5.41, 5.74) is 0.0734. The Morgan fingerprint density at radius 1 is 0.303 bits per heavy atom. The normalized spacial score (nSPS) is 28.4. The molecule has 0 aromatic heterocycles. The van der Waals surface area contributed by atoms with E-state index >= 15 is 9.59 Å². The Balaban J connectivity index is 1.32. The van der Waals surface area contributed by atoms with Crippen molar-refractivity contribution in [2.75, 3.05) is 72.7 Å². The highest BCUT2D eigenvalue weighted by Crippen LogP contribution is 2.41. The van der Waals surface area contributed by atoms with Crippen LogP contribution in [-0.2, 0) is 94.8 Å². The molecule has 0 bridgehead atoms. The second kappa shape index (κ2) is 48.5. The van der Waals surface area contributed by atoms with Gasteiger partial charge in [0.05, 0.1) is 42.1 Å². The lowest BCUT2D eigenvalue weighted by molar-refractivity contribution is -0.394. The summed E-state index contributed by atoms with van der Waals surface area (Å²) in [5.74, 6) is -5.72. The van der Waals surface area contributed by atoms with Gasteiger partial charge in [0.2, 0.25) is 0 Å². The number of aliphatic hydroxyl groups excluding tert-OH is 1. The minimum Gasteiger partial charge on any atom is -0.479 e. The highest BCUT2D eigenvalue weighted by atomic mass is 16.8. The molecule has 4 heterocycles. The van der Waals surface area contributed by atoms with Crippen molar-refractivity contribution in [3.05, 3.63) is 144 Å². The van der Waals surface area contributed by atoms with Crippen LogP contribution in [0.2, 0.25) is 0 Å². The number of rotatable bonds is 49. The lowest BCUT2D eigenvalue weighted by Crippen LogP contribution is -2.69. The predicted octanol–water partition coefficient (Wildman–Crippen LogP) is 12.0. The third kappa shape index (κ3) is 26.3. The molecule has 606 valence electrons. The number of hydrogen-bond donors (Lipinski definition) is 2. The number of carbonyl (C=O) groups is 5. The Morgan fingerprint density at radius 3 is 0.936 bits per heavy atom. The second-order valence-electron chi connectivity index (χ2n) is 27.5. The van der Waals surface area contributed by atoms with Crippen molar-refractivity contribution < 1.29 is 124 Å². The Labute approximate surface area is 642 Å². The SMILES string of the molecule is CCCCOCC1O[C@@H](O[C@@H]2C(COCCCC)O[C@H](O[C@H]3C(COCCCC)O[C@H](OCCC)C(OCCCC)[C@H]3OCCCC)C(OCCCC)[C@H]2OCCCC)[C@@H](OC(=O)c2ccccc2)C(OC(=O)c2ccccc2)[C@@H]1O[C@@H]1OC(C(=O)O)[C@@H](O)C(OC(=O)c2ccccc2)[C@@H]1OC(=O)c1ccccc1. The van der Waals surface area contributed by atoms with Gasteiger partial charge in [0, 0.05) is 52.9 Å². The number of aliphatic hydroxyl groups is 1. The van der Waals surface area contributed by atoms with Crippen molar-refractivity contribution in [2.24, 2.45) is 0 Å². The first kappa shape index (κ1) is 88.2. The van der Waals surface area contributed by atoms with Gasteiger partial charge in [-0.25, -0.2) is 24.0 Å². The van der Waals surface area contributed by atoms with Gasteiger partial charge in [0.25, 0.3) is 0 Å². The lowest BCUT2D eigenvalue weighted by atomic mass is 9.94. The number of carbonyl (C=O) groups excluding carboxylic acids is 4. The maximum atomic E-state index is 15.2. The predicted molar refractivity (Wildman–Crippen MR) is 398 cm³/mol. The largest absolute Gasteiger partial charge is 0.479 e. The molecule has 8 rings (SSSR count). The fourth-order valence-corrected chi connectivity index (χ4v) is 12.8. The summed E-state index contributed by atoms with van der Waals surface area (Å²) in [7, 11) is 0. The summed E-state index contributed by atoms with van der Waals surface area (Å²) in [5, 5.41) is 23.0. The lowest BCUT2D eigenvalue weighted by Gasteiger charge is -2.52. The number of esters is 4. The molecule has 0 spiro atoms. The van der Waals surface area contributed by atoms with Gasteiger partial charge >= 0.3 is 29.8 Å². The van der Waals surface area contributed by atoms with E-state index in [1.165, 1.54) is 48.5 Å². The number of carboxylic acid groups (broad SMARTS) is 1. The molecule has 4 aromatic rings. The van der Waals surface area contributed by atoms with Gasteiger partial charge in [0.15, 0.2) is 55.7 Å². The monoisotopic (exact) mass is 1530 g/mol. The number of aliphatic carboxylic acids is 1. The van der Waals surface area contributed by atoms with Crippen molar-refractivity contribution in [2.45, 2.75) is 275 Å². The van der Waals surface area contributed by atoms with E-state index in [0.717, 1.165) is 51.4 Å². The molecule has 4 fully saturated rings. The van der Waals surface area contributed by atoms with Crippen LogP contribution in [0.3, 0.4) is 0 Å². The van der Waals surface area contributed by atoms with Gasteiger partial charge in [-0.3, -0.25) is 0 Å². The summed E-state index contributed by atoms with van der Waals surface area (Å²) >= 11 is 0. The first-order valence-electron chi connectivity index (χ1n) is 39.6. The average molecular weight is 1530 g/mol. The second-order valence-corrected chi connectivity index (χ2v) is 27.5. The van der Waals surface area contributed by atoms with Gasteiger partial charge in [-0.2, -0.15) is 0 Å². The molecule has 2 N–H and O–H groups in total. The summed E-state index contributed by atoms with van der Waals surface area (Å²) in [6.07, 6.45) is -19.0. The van der Waals surface area contributed by atoms with Gasteiger partial charge in [-0.05, 0) is 99.9 Å². The molecule has 4 aliphatic heterocycles. The topological polar surface area (TPSA) is 301 Å². The van der Waals surface area contributed by atoms with Crippen LogP contribution in [0.15, 0.2) is 121 Å². The smallest absolute Gasteiger partial charge is 0.338 e. The minimum absolute atomic E-state index is 0.00378. The molecule has 0 saturated carbocycles. The Hall–Kier alpha value is -6.41. The minimum atomic E-state index is -2.25. The molecule has 4 saturated heterocycles.